The van der Waals surface area contributed by atoms with Gasteiger partial charge in [0.05, 0.1) is 11.4 Å². The molecular formula is C10H12BrFO. The highest BCUT2D eigenvalue weighted by atomic mass is 79.9. The minimum absolute atomic E-state index is 0.200. The molecule has 0 heterocycles. The normalized spacial score (nSPS) is 15.3. The van der Waals surface area contributed by atoms with Crippen LogP contribution in [0.4, 0.5) is 4.39 Å². The third-order valence-corrected chi connectivity index (χ3v) is 2.25. The van der Waals surface area contributed by atoms with Crippen LogP contribution in [0.5, 0.6) is 0 Å². The van der Waals surface area contributed by atoms with E-state index in [1.807, 2.05) is 37.3 Å². The molecule has 0 N–H and O–H groups in total. The predicted octanol–water partition coefficient (Wildman–Crippen LogP) is 3.45. The molecule has 72 valence electrons. The first-order valence-corrected chi connectivity index (χ1v) is 5.26. The number of hydrogen-bond acceptors (Lipinski definition) is 1. The van der Waals surface area contributed by atoms with Gasteiger partial charge in [-0.1, -0.05) is 46.3 Å². The van der Waals surface area contributed by atoms with Crippen LogP contribution in [0.25, 0.3) is 0 Å². The van der Waals surface area contributed by atoms with Crippen molar-refractivity contribution in [3.63, 3.8) is 0 Å². The molecule has 3 heteroatoms. The van der Waals surface area contributed by atoms with Gasteiger partial charge < -0.3 is 4.74 Å². The lowest BCUT2D eigenvalue weighted by atomic mass is 10.1. The molecule has 0 aliphatic carbocycles. The average molecular weight is 247 g/mol. The number of halogens is 2. The highest BCUT2D eigenvalue weighted by molar-refractivity contribution is 9.09. The summed E-state index contributed by atoms with van der Waals surface area (Å²) < 4.78 is 17.9. The highest BCUT2D eigenvalue weighted by Gasteiger charge is 2.11. The van der Waals surface area contributed by atoms with Crippen LogP contribution in [0.2, 0.25) is 0 Å². The zero-order valence-corrected chi connectivity index (χ0v) is 9.00. The second-order valence-electron chi connectivity index (χ2n) is 2.75. The van der Waals surface area contributed by atoms with Crippen LogP contribution in [0.15, 0.2) is 30.3 Å². The summed E-state index contributed by atoms with van der Waals surface area (Å²) >= 11 is 3.02. The second-order valence-corrected chi connectivity index (χ2v) is 3.40. The summed E-state index contributed by atoms with van der Waals surface area (Å²) in [6.45, 7) is 1.84. The summed E-state index contributed by atoms with van der Waals surface area (Å²) in [5, 5.41) is 0.212. The van der Waals surface area contributed by atoms with Crippen LogP contribution in [0.3, 0.4) is 0 Å². The van der Waals surface area contributed by atoms with Gasteiger partial charge in [-0.3, -0.25) is 0 Å². The van der Waals surface area contributed by atoms with Gasteiger partial charge in [0.1, 0.15) is 0 Å². The molecule has 13 heavy (non-hydrogen) atoms. The third kappa shape index (κ3) is 3.44. The van der Waals surface area contributed by atoms with Gasteiger partial charge >= 0.3 is 0 Å². The van der Waals surface area contributed by atoms with Crippen molar-refractivity contribution in [2.45, 2.75) is 19.4 Å². The number of hydrogen-bond donors (Lipinski definition) is 0. The number of ether oxygens (including phenoxy) is 1. The molecule has 0 bridgehead atoms. The Kier molecular flexibility index (Phi) is 4.39. The number of rotatable bonds is 4. The first kappa shape index (κ1) is 10.7. The van der Waals surface area contributed by atoms with Gasteiger partial charge in [-0.05, 0) is 12.5 Å². The van der Waals surface area contributed by atoms with Crippen LogP contribution in [-0.2, 0) is 4.74 Å². The van der Waals surface area contributed by atoms with E-state index in [2.05, 4.69) is 15.9 Å². The Balaban J connectivity index is 2.53. The van der Waals surface area contributed by atoms with Gasteiger partial charge in [-0.2, -0.15) is 0 Å². The Labute approximate surface area is 86.0 Å². The Morgan fingerprint density at radius 2 is 2.00 bits per heavy atom. The molecule has 0 radical (unpaired) electrons. The monoisotopic (exact) mass is 246 g/mol. The minimum atomic E-state index is -1.24. The van der Waals surface area contributed by atoms with Crippen molar-refractivity contribution in [3.8, 4) is 0 Å². The summed E-state index contributed by atoms with van der Waals surface area (Å²) in [5.41, 5.74) is 0.992. The lowest BCUT2D eigenvalue weighted by molar-refractivity contribution is -0.0641. The fourth-order valence-corrected chi connectivity index (χ4v) is 1.21. The molecule has 1 rings (SSSR count). The van der Waals surface area contributed by atoms with E-state index >= 15 is 0 Å². The van der Waals surface area contributed by atoms with Crippen molar-refractivity contribution in [1.29, 1.82) is 0 Å². The average Bonchev–Trinajstić information content (AvgIpc) is 2.19. The molecule has 0 fully saturated rings. The van der Waals surface area contributed by atoms with E-state index in [0.717, 1.165) is 5.56 Å². The van der Waals surface area contributed by atoms with Gasteiger partial charge in [0.2, 0.25) is 6.36 Å². The maximum atomic E-state index is 12.8. The number of benzene rings is 1. The smallest absolute Gasteiger partial charge is 0.209 e. The SMILES string of the molecule is CC(OC(F)CBr)c1ccccc1. The summed E-state index contributed by atoms with van der Waals surface area (Å²) in [5.74, 6) is 0. The van der Waals surface area contributed by atoms with E-state index in [4.69, 9.17) is 4.74 Å². The van der Waals surface area contributed by atoms with Gasteiger partial charge in [0, 0.05) is 0 Å². The standard InChI is InChI=1S/C10H12BrFO/c1-8(13-10(12)7-11)9-5-3-2-4-6-9/h2-6,8,10H,7H2,1H3. The Hall–Kier alpha value is -0.410. The minimum Gasteiger partial charge on any atom is -0.340 e. The molecule has 0 saturated heterocycles. The molecule has 0 saturated carbocycles. The molecule has 1 aromatic carbocycles. The molecule has 0 spiro atoms. The van der Waals surface area contributed by atoms with E-state index in [1.54, 1.807) is 0 Å². The molecular weight excluding hydrogens is 235 g/mol. The summed E-state index contributed by atoms with van der Waals surface area (Å²) in [4.78, 5) is 0. The fraction of sp³-hybridized carbons (Fsp3) is 0.400. The van der Waals surface area contributed by atoms with Gasteiger partial charge in [-0.25, -0.2) is 4.39 Å². The van der Waals surface area contributed by atoms with Crippen molar-refractivity contribution in [2.75, 3.05) is 5.33 Å². The second kappa shape index (κ2) is 5.35. The van der Waals surface area contributed by atoms with Crippen LogP contribution in [0.1, 0.15) is 18.6 Å². The highest BCUT2D eigenvalue weighted by Crippen LogP contribution is 2.18. The molecule has 0 aromatic heterocycles. The van der Waals surface area contributed by atoms with Crippen LogP contribution >= 0.6 is 15.9 Å². The Morgan fingerprint density at radius 1 is 1.38 bits per heavy atom. The molecule has 1 aromatic rings. The summed E-state index contributed by atoms with van der Waals surface area (Å²) in [6.07, 6.45) is -1.44. The van der Waals surface area contributed by atoms with Crippen LogP contribution in [-0.4, -0.2) is 11.7 Å². The van der Waals surface area contributed by atoms with Crippen molar-refractivity contribution >= 4 is 15.9 Å². The fourth-order valence-electron chi connectivity index (χ4n) is 1.06. The van der Waals surface area contributed by atoms with E-state index in [0.29, 0.717) is 0 Å². The van der Waals surface area contributed by atoms with E-state index in [-0.39, 0.29) is 11.4 Å². The lowest BCUT2D eigenvalue weighted by Gasteiger charge is -2.14. The first-order valence-electron chi connectivity index (χ1n) is 4.14. The van der Waals surface area contributed by atoms with Crippen molar-refractivity contribution < 1.29 is 9.13 Å². The Bertz CT molecular complexity index is 240. The molecule has 2 atom stereocenters. The largest absolute Gasteiger partial charge is 0.340 e. The summed E-state index contributed by atoms with van der Waals surface area (Å²) in [6, 6.07) is 9.60. The van der Waals surface area contributed by atoms with E-state index in [1.165, 1.54) is 0 Å². The van der Waals surface area contributed by atoms with Crippen LogP contribution in [0, 0.1) is 0 Å². The molecule has 0 amide bonds. The quantitative estimate of drug-likeness (QED) is 0.740. The van der Waals surface area contributed by atoms with Crippen molar-refractivity contribution in [2.24, 2.45) is 0 Å². The zero-order valence-electron chi connectivity index (χ0n) is 7.41. The molecule has 2 unspecified atom stereocenters. The van der Waals surface area contributed by atoms with Gasteiger partial charge in [0.25, 0.3) is 0 Å². The van der Waals surface area contributed by atoms with Crippen LogP contribution < -0.4 is 0 Å². The topological polar surface area (TPSA) is 9.23 Å². The summed E-state index contributed by atoms with van der Waals surface area (Å²) in [7, 11) is 0. The maximum absolute atomic E-state index is 12.8. The third-order valence-electron chi connectivity index (χ3n) is 1.74. The molecule has 1 nitrogen and oxygen atoms in total. The van der Waals surface area contributed by atoms with Crippen molar-refractivity contribution in [3.05, 3.63) is 35.9 Å². The first-order chi connectivity index (χ1) is 6.24. The van der Waals surface area contributed by atoms with E-state index < -0.39 is 6.36 Å². The predicted molar refractivity (Wildman–Crippen MR) is 54.6 cm³/mol. The van der Waals surface area contributed by atoms with E-state index in [9.17, 15) is 4.39 Å². The molecule has 0 aliphatic rings. The number of alkyl halides is 2. The zero-order chi connectivity index (χ0) is 9.68. The maximum Gasteiger partial charge on any atom is 0.209 e. The van der Waals surface area contributed by atoms with Gasteiger partial charge in [-0.15, -0.1) is 0 Å². The Morgan fingerprint density at radius 3 is 2.54 bits per heavy atom. The molecule has 0 aliphatic heterocycles. The lowest BCUT2D eigenvalue weighted by Crippen LogP contribution is -2.11. The van der Waals surface area contributed by atoms with Gasteiger partial charge in [0.15, 0.2) is 0 Å². The van der Waals surface area contributed by atoms with Crippen molar-refractivity contribution in [1.82, 2.24) is 0 Å².